The molecule has 0 aromatic heterocycles. The molecule has 0 aliphatic carbocycles. The quantitative estimate of drug-likeness (QED) is 0.652. The summed E-state index contributed by atoms with van der Waals surface area (Å²) in [6, 6.07) is 12.6. The number of aryl methyl sites for hydroxylation is 1. The lowest BCUT2D eigenvalue weighted by molar-refractivity contribution is -0.117. The van der Waals surface area contributed by atoms with Crippen LogP contribution in [-0.2, 0) is 9.59 Å². The van der Waals surface area contributed by atoms with Gasteiger partial charge in [-0.05, 0) is 55.3 Å². The van der Waals surface area contributed by atoms with Crippen LogP contribution >= 0.6 is 11.6 Å². The molecule has 2 rings (SSSR count). The van der Waals surface area contributed by atoms with Crippen molar-refractivity contribution in [1.29, 1.82) is 0 Å². The molecule has 138 valence electrons. The highest BCUT2D eigenvalue weighted by Gasteiger charge is 2.07. The summed E-state index contributed by atoms with van der Waals surface area (Å²) in [4.78, 5) is 23.6. The molecule has 26 heavy (non-hydrogen) atoms. The summed E-state index contributed by atoms with van der Waals surface area (Å²) in [7, 11) is 0. The van der Waals surface area contributed by atoms with Gasteiger partial charge in [-0.25, -0.2) is 0 Å². The van der Waals surface area contributed by atoms with Crippen molar-refractivity contribution in [2.45, 2.75) is 33.1 Å². The molecule has 0 atom stereocenters. The topological polar surface area (TPSA) is 67.4 Å². The Labute approximate surface area is 158 Å². The molecule has 0 aliphatic rings. The maximum atomic E-state index is 12.1. The van der Waals surface area contributed by atoms with Gasteiger partial charge in [0.2, 0.25) is 11.8 Å². The van der Waals surface area contributed by atoms with Gasteiger partial charge in [-0.3, -0.25) is 9.59 Å². The monoisotopic (exact) mass is 374 g/mol. The van der Waals surface area contributed by atoms with Crippen LogP contribution in [0.5, 0.6) is 5.75 Å². The third kappa shape index (κ3) is 6.41. The molecule has 5 nitrogen and oxygen atoms in total. The Balaban J connectivity index is 1.80. The maximum Gasteiger partial charge on any atom is 0.224 e. The minimum absolute atomic E-state index is 0.0644. The molecule has 6 heteroatoms. The highest BCUT2D eigenvalue weighted by molar-refractivity contribution is 6.30. The lowest BCUT2D eigenvalue weighted by Crippen LogP contribution is -2.14. The van der Waals surface area contributed by atoms with E-state index in [0.717, 1.165) is 11.3 Å². The number of rotatable bonds is 8. The van der Waals surface area contributed by atoms with E-state index in [1.54, 1.807) is 37.3 Å². The van der Waals surface area contributed by atoms with E-state index in [4.69, 9.17) is 16.3 Å². The molecule has 0 heterocycles. The van der Waals surface area contributed by atoms with Crippen molar-refractivity contribution in [3.63, 3.8) is 0 Å². The molecule has 0 fully saturated rings. The third-order valence-corrected chi connectivity index (χ3v) is 4.00. The molecule has 0 aliphatic heterocycles. The van der Waals surface area contributed by atoms with E-state index in [9.17, 15) is 9.59 Å². The second kappa shape index (κ2) is 9.82. The first-order chi connectivity index (χ1) is 12.5. The van der Waals surface area contributed by atoms with Crippen LogP contribution in [0.25, 0.3) is 0 Å². The van der Waals surface area contributed by atoms with Crippen LogP contribution in [0.3, 0.4) is 0 Å². The molecule has 0 bridgehead atoms. The Hall–Kier alpha value is -2.53. The summed E-state index contributed by atoms with van der Waals surface area (Å²) in [6.45, 7) is 4.14. The predicted octanol–water partition coefficient (Wildman–Crippen LogP) is 4.79. The first-order valence-corrected chi connectivity index (χ1v) is 8.94. The molecule has 0 radical (unpaired) electrons. The number of carbonyl (C=O) groups is 2. The molecule has 2 N–H and O–H groups in total. The van der Waals surface area contributed by atoms with Crippen molar-refractivity contribution in [3.05, 3.63) is 53.1 Å². The van der Waals surface area contributed by atoms with E-state index >= 15 is 0 Å². The van der Waals surface area contributed by atoms with Gasteiger partial charge in [-0.2, -0.15) is 0 Å². The van der Waals surface area contributed by atoms with E-state index in [2.05, 4.69) is 10.6 Å². The Morgan fingerprint density at radius 2 is 1.77 bits per heavy atom. The molecule has 0 saturated carbocycles. The van der Waals surface area contributed by atoms with Gasteiger partial charge < -0.3 is 15.4 Å². The second-order valence-electron chi connectivity index (χ2n) is 5.89. The normalized spacial score (nSPS) is 10.3. The number of halogens is 1. The van der Waals surface area contributed by atoms with Crippen molar-refractivity contribution < 1.29 is 14.3 Å². The number of amides is 2. The van der Waals surface area contributed by atoms with Crippen LogP contribution in [-0.4, -0.2) is 18.4 Å². The van der Waals surface area contributed by atoms with Crippen LogP contribution in [0.15, 0.2) is 42.5 Å². The highest BCUT2D eigenvalue weighted by Crippen LogP contribution is 2.21. The Morgan fingerprint density at radius 1 is 1.04 bits per heavy atom. The average Bonchev–Trinajstić information content (AvgIpc) is 2.63. The smallest absolute Gasteiger partial charge is 0.224 e. The number of carbonyl (C=O) groups excluding carboxylic acids is 2. The summed E-state index contributed by atoms with van der Waals surface area (Å²) in [5.74, 6) is 0.572. The molecular weight excluding hydrogens is 352 g/mol. The van der Waals surface area contributed by atoms with Gasteiger partial charge in [0.15, 0.2) is 0 Å². The van der Waals surface area contributed by atoms with Gasteiger partial charge >= 0.3 is 0 Å². The fourth-order valence-corrected chi connectivity index (χ4v) is 2.38. The summed E-state index contributed by atoms with van der Waals surface area (Å²) in [5.41, 5.74) is 2.30. The van der Waals surface area contributed by atoms with Crippen LogP contribution in [0.4, 0.5) is 11.4 Å². The van der Waals surface area contributed by atoms with Crippen molar-refractivity contribution in [3.8, 4) is 5.75 Å². The maximum absolute atomic E-state index is 12.1. The van der Waals surface area contributed by atoms with Crippen molar-refractivity contribution in [2.75, 3.05) is 17.2 Å². The molecule has 2 amide bonds. The van der Waals surface area contributed by atoms with E-state index in [0.29, 0.717) is 42.3 Å². The number of anilines is 2. The summed E-state index contributed by atoms with van der Waals surface area (Å²) < 4.78 is 5.57. The van der Waals surface area contributed by atoms with Crippen LogP contribution < -0.4 is 15.4 Å². The standard InChI is InChI=1S/C20H23ClN2O3/c1-3-19(24)22-16-9-6-14(2)18(13-16)23-20(25)5-4-12-26-17-10-7-15(21)8-11-17/h6-11,13H,3-5,12H2,1-2H3,(H,22,24)(H,23,25). The molecular formula is C20H23ClN2O3. The zero-order valence-corrected chi connectivity index (χ0v) is 15.7. The molecule has 0 saturated heterocycles. The lowest BCUT2D eigenvalue weighted by atomic mass is 10.1. The van der Waals surface area contributed by atoms with Crippen LogP contribution in [0, 0.1) is 6.92 Å². The fourth-order valence-electron chi connectivity index (χ4n) is 2.25. The molecule has 0 unspecified atom stereocenters. The van der Waals surface area contributed by atoms with E-state index in [1.807, 2.05) is 19.1 Å². The van der Waals surface area contributed by atoms with Gasteiger partial charge in [-0.15, -0.1) is 0 Å². The SMILES string of the molecule is CCC(=O)Nc1ccc(C)c(NC(=O)CCCOc2ccc(Cl)cc2)c1. The van der Waals surface area contributed by atoms with Crippen molar-refractivity contribution in [1.82, 2.24) is 0 Å². The summed E-state index contributed by atoms with van der Waals surface area (Å²) in [6.07, 6.45) is 1.35. The Kier molecular flexibility index (Phi) is 7.48. The fraction of sp³-hybridized carbons (Fsp3) is 0.300. The van der Waals surface area contributed by atoms with Crippen LogP contribution in [0.2, 0.25) is 5.02 Å². The van der Waals surface area contributed by atoms with E-state index in [-0.39, 0.29) is 11.8 Å². The third-order valence-electron chi connectivity index (χ3n) is 3.75. The van der Waals surface area contributed by atoms with Gasteiger partial charge in [0.25, 0.3) is 0 Å². The first-order valence-electron chi connectivity index (χ1n) is 8.56. The number of benzene rings is 2. The number of ether oxygens (including phenoxy) is 1. The minimum Gasteiger partial charge on any atom is -0.494 e. The highest BCUT2D eigenvalue weighted by atomic mass is 35.5. The zero-order valence-electron chi connectivity index (χ0n) is 15.0. The van der Waals surface area contributed by atoms with Gasteiger partial charge in [0, 0.05) is 29.2 Å². The Morgan fingerprint density at radius 3 is 2.46 bits per heavy atom. The van der Waals surface area contributed by atoms with Gasteiger partial charge in [0.1, 0.15) is 5.75 Å². The minimum atomic E-state index is -0.0909. The average molecular weight is 375 g/mol. The van der Waals surface area contributed by atoms with Crippen molar-refractivity contribution >= 4 is 34.8 Å². The lowest BCUT2D eigenvalue weighted by Gasteiger charge is -2.11. The predicted molar refractivity (Wildman–Crippen MR) is 105 cm³/mol. The summed E-state index contributed by atoms with van der Waals surface area (Å²) in [5, 5.41) is 6.33. The van der Waals surface area contributed by atoms with E-state index in [1.165, 1.54) is 0 Å². The number of hydrogen-bond donors (Lipinski definition) is 2. The number of nitrogens with one attached hydrogen (secondary N) is 2. The summed E-state index contributed by atoms with van der Waals surface area (Å²) >= 11 is 5.82. The van der Waals surface area contributed by atoms with Crippen molar-refractivity contribution in [2.24, 2.45) is 0 Å². The molecule has 0 spiro atoms. The van der Waals surface area contributed by atoms with Crippen LogP contribution in [0.1, 0.15) is 31.7 Å². The molecule has 2 aromatic carbocycles. The van der Waals surface area contributed by atoms with Gasteiger partial charge in [-0.1, -0.05) is 24.6 Å². The zero-order chi connectivity index (χ0) is 18.9. The van der Waals surface area contributed by atoms with E-state index < -0.39 is 0 Å². The molecule has 2 aromatic rings. The number of hydrogen-bond acceptors (Lipinski definition) is 3. The second-order valence-corrected chi connectivity index (χ2v) is 6.32. The van der Waals surface area contributed by atoms with Gasteiger partial charge in [0.05, 0.1) is 6.61 Å². The largest absolute Gasteiger partial charge is 0.494 e. The first kappa shape index (κ1) is 19.8. The Bertz CT molecular complexity index is 760.